The van der Waals surface area contributed by atoms with Crippen LogP contribution in [0.2, 0.25) is 0 Å². The third-order valence-electron chi connectivity index (χ3n) is 2.32. The monoisotopic (exact) mass is 224 g/mol. The van der Waals surface area contributed by atoms with E-state index in [1.165, 1.54) is 0 Å². The number of hydrogen-bond donors (Lipinski definition) is 2. The van der Waals surface area contributed by atoms with E-state index in [1.807, 2.05) is 24.3 Å². The molecule has 0 bridgehead atoms. The molecule has 0 fully saturated rings. The lowest BCUT2D eigenvalue weighted by molar-refractivity contribution is 0.0553. The lowest BCUT2D eigenvalue weighted by Gasteiger charge is -2.17. The molecule has 0 aliphatic heterocycles. The molecule has 1 aromatic carbocycles. The van der Waals surface area contributed by atoms with Gasteiger partial charge in [0.15, 0.2) is 0 Å². The van der Waals surface area contributed by atoms with Crippen molar-refractivity contribution in [3.8, 4) is 5.75 Å². The molecule has 0 spiro atoms. The van der Waals surface area contributed by atoms with Crippen LogP contribution in [0.1, 0.15) is 38.9 Å². The zero-order valence-electron chi connectivity index (χ0n) is 10.1. The molecule has 0 aromatic heterocycles. The summed E-state index contributed by atoms with van der Waals surface area (Å²) in [6, 6.07) is 7.36. The first-order valence-electron chi connectivity index (χ1n) is 5.52. The summed E-state index contributed by atoms with van der Waals surface area (Å²) in [5, 5.41) is 18.9. The number of aliphatic hydroxyl groups is 2. The third-order valence-corrected chi connectivity index (χ3v) is 2.32. The van der Waals surface area contributed by atoms with E-state index >= 15 is 0 Å². The van der Waals surface area contributed by atoms with Crippen molar-refractivity contribution in [2.45, 2.75) is 38.9 Å². The number of hydrogen-bond acceptors (Lipinski definition) is 3. The van der Waals surface area contributed by atoms with Gasteiger partial charge in [-0.2, -0.15) is 0 Å². The van der Waals surface area contributed by atoms with E-state index in [-0.39, 0.29) is 0 Å². The summed E-state index contributed by atoms with van der Waals surface area (Å²) < 4.78 is 5.50. The zero-order valence-corrected chi connectivity index (χ0v) is 10.1. The fourth-order valence-corrected chi connectivity index (χ4v) is 1.28. The summed E-state index contributed by atoms with van der Waals surface area (Å²) in [5.41, 5.74) is 0.128. The van der Waals surface area contributed by atoms with E-state index < -0.39 is 11.7 Å². The molecule has 0 saturated heterocycles. The molecule has 16 heavy (non-hydrogen) atoms. The van der Waals surface area contributed by atoms with Crippen LogP contribution in [0.4, 0.5) is 0 Å². The highest BCUT2D eigenvalue weighted by molar-refractivity contribution is 5.29. The Labute approximate surface area is 96.7 Å². The van der Waals surface area contributed by atoms with E-state index in [4.69, 9.17) is 4.74 Å². The molecule has 0 aliphatic carbocycles. The first-order chi connectivity index (χ1) is 7.38. The molecule has 0 radical (unpaired) electrons. The van der Waals surface area contributed by atoms with E-state index in [2.05, 4.69) is 0 Å². The minimum Gasteiger partial charge on any atom is -0.493 e. The van der Waals surface area contributed by atoms with Crippen LogP contribution >= 0.6 is 0 Å². The average molecular weight is 224 g/mol. The Balaban J connectivity index is 2.51. The topological polar surface area (TPSA) is 49.7 Å². The fraction of sp³-hybridized carbons (Fsp3) is 0.538. The lowest BCUT2D eigenvalue weighted by atomic mass is 10.1. The van der Waals surface area contributed by atoms with Gasteiger partial charge >= 0.3 is 0 Å². The van der Waals surface area contributed by atoms with Crippen LogP contribution in [0, 0.1) is 0 Å². The predicted octanol–water partition coefficient (Wildman–Crippen LogP) is 2.28. The summed E-state index contributed by atoms with van der Waals surface area (Å²) in [6.07, 6.45) is 0.0872. The van der Waals surface area contributed by atoms with Crippen molar-refractivity contribution in [3.05, 3.63) is 29.8 Å². The highest BCUT2D eigenvalue weighted by atomic mass is 16.5. The zero-order chi connectivity index (χ0) is 12.2. The highest BCUT2D eigenvalue weighted by Crippen LogP contribution is 2.19. The van der Waals surface area contributed by atoms with Gasteiger partial charge in [0, 0.05) is 6.42 Å². The second-order valence-corrected chi connectivity index (χ2v) is 4.66. The van der Waals surface area contributed by atoms with Crippen LogP contribution < -0.4 is 4.74 Å². The summed E-state index contributed by atoms with van der Waals surface area (Å²) >= 11 is 0. The highest BCUT2D eigenvalue weighted by Gasteiger charge is 2.12. The Morgan fingerprint density at radius 2 is 2.06 bits per heavy atom. The molecular weight excluding hydrogens is 204 g/mol. The smallest absolute Gasteiger partial charge is 0.119 e. The van der Waals surface area contributed by atoms with E-state index in [0.717, 1.165) is 11.3 Å². The average Bonchev–Trinajstić information content (AvgIpc) is 2.16. The molecule has 1 aromatic rings. The van der Waals surface area contributed by atoms with Gasteiger partial charge in [0.05, 0.1) is 18.3 Å². The van der Waals surface area contributed by atoms with Crippen molar-refractivity contribution >= 4 is 0 Å². The molecule has 2 N–H and O–H groups in total. The standard InChI is InChI=1S/C13H20O3/c1-10(14)11-5-4-6-12(9-11)16-8-7-13(2,3)15/h4-6,9-10,14-15H,7-8H2,1-3H3. The van der Waals surface area contributed by atoms with Crippen LogP contribution in [-0.2, 0) is 0 Å². The normalized spacial score (nSPS) is 13.6. The van der Waals surface area contributed by atoms with Crippen LogP contribution in [0.15, 0.2) is 24.3 Å². The molecule has 90 valence electrons. The summed E-state index contributed by atoms with van der Waals surface area (Å²) in [4.78, 5) is 0. The molecule has 1 atom stereocenters. The summed E-state index contributed by atoms with van der Waals surface area (Å²) in [5.74, 6) is 0.725. The Hall–Kier alpha value is -1.06. The first-order valence-corrected chi connectivity index (χ1v) is 5.52. The number of rotatable bonds is 5. The maximum Gasteiger partial charge on any atom is 0.119 e. The first kappa shape index (κ1) is 13.0. The van der Waals surface area contributed by atoms with Gasteiger partial charge in [0.2, 0.25) is 0 Å². The van der Waals surface area contributed by atoms with Gasteiger partial charge in [-0.05, 0) is 38.5 Å². The number of ether oxygens (including phenoxy) is 1. The summed E-state index contributed by atoms with van der Waals surface area (Å²) in [7, 11) is 0. The molecule has 0 amide bonds. The van der Waals surface area contributed by atoms with Crippen LogP contribution in [0.3, 0.4) is 0 Å². The predicted molar refractivity (Wildman–Crippen MR) is 63.5 cm³/mol. The van der Waals surface area contributed by atoms with E-state index in [0.29, 0.717) is 13.0 Å². The summed E-state index contributed by atoms with van der Waals surface area (Å²) in [6.45, 7) is 5.69. The Morgan fingerprint density at radius 1 is 1.38 bits per heavy atom. The van der Waals surface area contributed by atoms with Crippen molar-refractivity contribution in [1.29, 1.82) is 0 Å². The maximum absolute atomic E-state index is 9.52. The molecular formula is C13H20O3. The molecule has 3 heteroatoms. The second kappa shape index (κ2) is 5.32. The van der Waals surface area contributed by atoms with Gasteiger partial charge in [-0.1, -0.05) is 12.1 Å². The number of aliphatic hydroxyl groups excluding tert-OH is 1. The van der Waals surface area contributed by atoms with Crippen molar-refractivity contribution in [1.82, 2.24) is 0 Å². The van der Waals surface area contributed by atoms with E-state index in [1.54, 1.807) is 20.8 Å². The van der Waals surface area contributed by atoms with Gasteiger partial charge in [0.1, 0.15) is 5.75 Å². The third kappa shape index (κ3) is 4.64. The quantitative estimate of drug-likeness (QED) is 0.806. The largest absolute Gasteiger partial charge is 0.493 e. The van der Waals surface area contributed by atoms with Gasteiger partial charge in [-0.15, -0.1) is 0 Å². The molecule has 0 heterocycles. The van der Waals surface area contributed by atoms with Gasteiger partial charge < -0.3 is 14.9 Å². The van der Waals surface area contributed by atoms with Gasteiger partial charge in [-0.3, -0.25) is 0 Å². The van der Waals surface area contributed by atoms with Crippen LogP contribution in [0.25, 0.3) is 0 Å². The lowest BCUT2D eigenvalue weighted by Crippen LogP contribution is -2.21. The maximum atomic E-state index is 9.52. The minimum atomic E-state index is -0.706. The van der Waals surface area contributed by atoms with Crippen molar-refractivity contribution < 1.29 is 14.9 Å². The molecule has 0 aliphatic rings. The van der Waals surface area contributed by atoms with E-state index in [9.17, 15) is 10.2 Å². The van der Waals surface area contributed by atoms with Crippen molar-refractivity contribution in [2.24, 2.45) is 0 Å². The Kier molecular flexibility index (Phi) is 4.33. The molecule has 3 nitrogen and oxygen atoms in total. The SMILES string of the molecule is CC(O)c1cccc(OCCC(C)(C)O)c1. The van der Waals surface area contributed by atoms with Crippen molar-refractivity contribution in [3.63, 3.8) is 0 Å². The van der Waals surface area contributed by atoms with Gasteiger partial charge in [-0.25, -0.2) is 0 Å². The Morgan fingerprint density at radius 3 is 2.62 bits per heavy atom. The Bertz CT molecular complexity index is 326. The molecule has 1 unspecified atom stereocenters. The molecule has 0 saturated carbocycles. The van der Waals surface area contributed by atoms with Crippen molar-refractivity contribution in [2.75, 3.05) is 6.61 Å². The van der Waals surface area contributed by atoms with Crippen LogP contribution in [0.5, 0.6) is 5.75 Å². The second-order valence-electron chi connectivity index (χ2n) is 4.66. The minimum absolute atomic E-state index is 0.465. The molecule has 1 rings (SSSR count). The van der Waals surface area contributed by atoms with Gasteiger partial charge in [0.25, 0.3) is 0 Å². The fourth-order valence-electron chi connectivity index (χ4n) is 1.28. The van der Waals surface area contributed by atoms with Crippen LogP contribution in [-0.4, -0.2) is 22.4 Å². The number of benzene rings is 1.